The maximum Gasteiger partial charge on any atom is 0.244 e. The van der Waals surface area contributed by atoms with Crippen LogP contribution in [-0.4, -0.2) is 85.1 Å². The summed E-state index contributed by atoms with van der Waals surface area (Å²) < 4.78 is 1.68. The maximum atomic E-state index is 12.8. The number of hydrogen-bond acceptors (Lipinski definition) is 7. The minimum absolute atomic E-state index is 0.0908. The van der Waals surface area contributed by atoms with E-state index in [1.165, 1.54) is 31.2 Å². The van der Waals surface area contributed by atoms with Crippen molar-refractivity contribution < 1.29 is 4.79 Å². The number of nitrogens with zero attached hydrogens (tertiary/aromatic N) is 8. The number of hydrogen-bond donors (Lipinski definition) is 0. The van der Waals surface area contributed by atoms with Gasteiger partial charge in [-0.15, -0.1) is 5.10 Å². The van der Waals surface area contributed by atoms with Crippen LogP contribution in [0.25, 0.3) is 0 Å². The lowest BCUT2D eigenvalue weighted by Crippen LogP contribution is -2.49. The normalized spacial score (nSPS) is 19.0. The van der Waals surface area contributed by atoms with E-state index in [4.69, 9.17) is 0 Å². The fourth-order valence-corrected chi connectivity index (χ4v) is 4.23. The molecule has 2 aliphatic heterocycles. The van der Waals surface area contributed by atoms with Crippen LogP contribution in [0.15, 0.2) is 18.3 Å². The number of rotatable bonds is 6. The van der Waals surface area contributed by atoms with Gasteiger partial charge in [0.25, 0.3) is 0 Å². The third-order valence-corrected chi connectivity index (χ3v) is 6.17. The molecule has 2 fully saturated rings. The highest BCUT2D eigenvalue weighted by Crippen LogP contribution is 2.13. The Kier molecular flexibility index (Phi) is 7.01. The molecule has 0 aliphatic carbocycles. The molecule has 9 heteroatoms. The second-order valence-electron chi connectivity index (χ2n) is 8.37. The highest BCUT2D eigenvalue weighted by atomic mass is 16.2. The number of carbonyl (C=O) groups is 1. The third-order valence-electron chi connectivity index (χ3n) is 6.17. The second-order valence-corrected chi connectivity index (χ2v) is 8.37. The number of aromatic nitrogens is 5. The van der Waals surface area contributed by atoms with Crippen LogP contribution in [0.2, 0.25) is 0 Å². The maximum absolute atomic E-state index is 12.8. The number of amides is 1. The molecule has 0 spiro atoms. The van der Waals surface area contributed by atoms with Crippen LogP contribution in [0, 0.1) is 6.92 Å². The van der Waals surface area contributed by atoms with E-state index in [1.54, 1.807) is 4.68 Å². The fraction of sp³-hybridized carbons (Fsp3) is 0.667. The zero-order valence-corrected chi connectivity index (χ0v) is 17.9. The predicted molar refractivity (Wildman–Crippen MR) is 112 cm³/mol. The Hall–Kier alpha value is -2.39. The summed E-state index contributed by atoms with van der Waals surface area (Å²) >= 11 is 0. The molecule has 0 radical (unpaired) electrons. The van der Waals surface area contributed by atoms with Gasteiger partial charge in [-0.3, -0.25) is 19.6 Å². The fourth-order valence-electron chi connectivity index (χ4n) is 4.23. The highest BCUT2D eigenvalue weighted by molar-refractivity contribution is 5.76. The van der Waals surface area contributed by atoms with Crippen LogP contribution in [0.1, 0.15) is 42.8 Å². The Labute approximate surface area is 178 Å². The first-order valence-electron chi connectivity index (χ1n) is 11.1. The van der Waals surface area contributed by atoms with Crippen molar-refractivity contribution in [1.29, 1.82) is 0 Å². The molecule has 0 saturated carbocycles. The molecule has 9 nitrogen and oxygen atoms in total. The number of piperazine rings is 1. The first-order valence-corrected chi connectivity index (χ1v) is 11.1. The van der Waals surface area contributed by atoms with Crippen LogP contribution < -0.4 is 0 Å². The van der Waals surface area contributed by atoms with Crippen LogP contribution in [0.5, 0.6) is 0 Å². The van der Waals surface area contributed by atoms with E-state index in [0.29, 0.717) is 0 Å². The first kappa shape index (κ1) is 20.9. The average Bonchev–Trinajstić information content (AvgIpc) is 3.02. The molecule has 4 heterocycles. The molecule has 2 saturated heterocycles. The zero-order chi connectivity index (χ0) is 20.8. The van der Waals surface area contributed by atoms with Crippen molar-refractivity contribution >= 4 is 5.91 Å². The molecule has 4 rings (SSSR count). The molecule has 30 heavy (non-hydrogen) atoms. The first-order chi connectivity index (χ1) is 14.7. The summed E-state index contributed by atoms with van der Waals surface area (Å²) in [7, 11) is 0. The van der Waals surface area contributed by atoms with E-state index in [-0.39, 0.29) is 12.5 Å². The molecule has 1 amide bonds. The van der Waals surface area contributed by atoms with Gasteiger partial charge in [0.05, 0.1) is 12.2 Å². The number of pyridine rings is 1. The predicted octanol–water partition coefficient (Wildman–Crippen LogP) is 1.10. The number of aryl methyl sites for hydroxylation is 1. The molecule has 0 atom stereocenters. The minimum Gasteiger partial charge on any atom is -0.339 e. The summed E-state index contributed by atoms with van der Waals surface area (Å²) in [5.41, 5.74) is 2.33. The van der Waals surface area contributed by atoms with Gasteiger partial charge in [0.15, 0.2) is 5.82 Å². The van der Waals surface area contributed by atoms with Crippen molar-refractivity contribution in [2.24, 2.45) is 0 Å². The van der Waals surface area contributed by atoms with Crippen molar-refractivity contribution in [1.82, 2.24) is 39.9 Å². The van der Waals surface area contributed by atoms with Gasteiger partial charge < -0.3 is 4.90 Å². The van der Waals surface area contributed by atoms with Crippen molar-refractivity contribution in [3.05, 3.63) is 35.4 Å². The molecule has 162 valence electrons. The molecule has 0 bridgehead atoms. The summed E-state index contributed by atoms with van der Waals surface area (Å²) in [5.74, 6) is 0.877. The smallest absolute Gasteiger partial charge is 0.244 e. The van der Waals surface area contributed by atoms with Crippen LogP contribution >= 0.6 is 0 Å². The standard InChI is InChI=1S/C21H32N8O/c1-18-7-6-8-22-19(18)15-27-11-13-28(14-12-27)21(30)17-29-20(23-24-25-29)16-26-9-4-2-3-5-10-26/h6-8H,2-5,9-17H2,1H3. The van der Waals surface area contributed by atoms with Crippen LogP contribution in [0.4, 0.5) is 0 Å². The van der Waals surface area contributed by atoms with Gasteiger partial charge in [0.2, 0.25) is 5.91 Å². The van der Waals surface area contributed by atoms with Gasteiger partial charge >= 0.3 is 0 Å². The van der Waals surface area contributed by atoms with E-state index in [0.717, 1.165) is 63.9 Å². The minimum atomic E-state index is 0.0908. The number of carbonyl (C=O) groups excluding carboxylic acids is 1. The highest BCUT2D eigenvalue weighted by Gasteiger charge is 2.23. The Morgan fingerprint density at radius 3 is 2.43 bits per heavy atom. The SMILES string of the molecule is Cc1cccnc1CN1CCN(C(=O)Cn2nnnc2CN2CCCCCC2)CC1. The zero-order valence-electron chi connectivity index (χ0n) is 17.9. The van der Waals surface area contributed by atoms with Gasteiger partial charge in [-0.25, -0.2) is 4.68 Å². The molecule has 0 unspecified atom stereocenters. The Morgan fingerprint density at radius 2 is 1.70 bits per heavy atom. The average molecular weight is 413 g/mol. The van der Waals surface area contributed by atoms with Crippen LogP contribution in [-0.2, 0) is 24.4 Å². The molecule has 2 aliphatic rings. The second kappa shape index (κ2) is 10.1. The lowest BCUT2D eigenvalue weighted by molar-refractivity contribution is -0.134. The lowest BCUT2D eigenvalue weighted by atomic mass is 10.2. The van der Waals surface area contributed by atoms with Crippen molar-refractivity contribution in [3.63, 3.8) is 0 Å². The van der Waals surface area contributed by atoms with Gasteiger partial charge in [-0.2, -0.15) is 0 Å². The summed E-state index contributed by atoms with van der Waals surface area (Å²) in [5, 5.41) is 12.1. The molecule has 0 aromatic carbocycles. The summed E-state index contributed by atoms with van der Waals surface area (Å²) in [6.45, 7) is 9.21. The van der Waals surface area contributed by atoms with Crippen LogP contribution in [0.3, 0.4) is 0 Å². The molecule has 2 aromatic heterocycles. The Morgan fingerprint density at radius 1 is 0.967 bits per heavy atom. The van der Waals surface area contributed by atoms with Crippen molar-refractivity contribution in [3.8, 4) is 0 Å². The monoisotopic (exact) mass is 412 g/mol. The van der Waals surface area contributed by atoms with Gasteiger partial charge in [-0.05, 0) is 54.9 Å². The number of tetrazole rings is 1. The lowest BCUT2D eigenvalue weighted by Gasteiger charge is -2.34. The molecular formula is C21H32N8O. The molecule has 0 N–H and O–H groups in total. The Bertz CT molecular complexity index is 822. The van der Waals surface area contributed by atoms with Gasteiger partial charge in [0, 0.05) is 38.9 Å². The summed E-state index contributed by atoms with van der Waals surface area (Å²) in [6, 6.07) is 4.06. The van der Waals surface area contributed by atoms with E-state index < -0.39 is 0 Å². The number of likely N-dealkylation sites (tertiary alicyclic amines) is 1. The van der Waals surface area contributed by atoms with Gasteiger partial charge in [-0.1, -0.05) is 18.9 Å². The van der Waals surface area contributed by atoms with E-state index in [1.807, 2.05) is 17.2 Å². The van der Waals surface area contributed by atoms with E-state index >= 15 is 0 Å². The molecular weight excluding hydrogens is 380 g/mol. The van der Waals surface area contributed by atoms with E-state index in [9.17, 15) is 4.79 Å². The Balaban J connectivity index is 1.27. The molecule has 2 aromatic rings. The van der Waals surface area contributed by atoms with Crippen molar-refractivity contribution in [2.45, 2.75) is 52.2 Å². The summed E-state index contributed by atoms with van der Waals surface area (Å²) in [6.07, 6.45) is 6.89. The van der Waals surface area contributed by atoms with E-state index in [2.05, 4.69) is 43.3 Å². The summed E-state index contributed by atoms with van der Waals surface area (Å²) in [4.78, 5) is 24.0. The quantitative estimate of drug-likeness (QED) is 0.702. The largest absolute Gasteiger partial charge is 0.339 e. The topological polar surface area (TPSA) is 83.3 Å². The van der Waals surface area contributed by atoms with Gasteiger partial charge in [0.1, 0.15) is 6.54 Å². The van der Waals surface area contributed by atoms with Crippen molar-refractivity contribution in [2.75, 3.05) is 39.3 Å². The third kappa shape index (κ3) is 5.40.